The molecule has 1 aromatic heterocycles. The van der Waals surface area contributed by atoms with Crippen LogP contribution in [0.25, 0.3) is 0 Å². The van der Waals surface area contributed by atoms with Gasteiger partial charge in [0.15, 0.2) is 15.8 Å². The Bertz CT molecular complexity index is 1050. The largest absolute Gasteiger partial charge is 0.390 e. The number of rotatable bonds is 8. The molecule has 30 heavy (non-hydrogen) atoms. The van der Waals surface area contributed by atoms with E-state index in [2.05, 4.69) is 15.6 Å². The highest BCUT2D eigenvalue weighted by Crippen LogP contribution is 2.18. The van der Waals surface area contributed by atoms with E-state index in [1.807, 2.05) is 61.5 Å². The molecule has 0 aliphatic heterocycles. The number of para-hydroxylation sites is 1. The summed E-state index contributed by atoms with van der Waals surface area (Å²) >= 11 is 1.15. The Labute approximate surface area is 181 Å². The van der Waals surface area contributed by atoms with Crippen molar-refractivity contribution in [1.29, 1.82) is 0 Å². The topological polar surface area (TPSA) is 90.8 Å². The van der Waals surface area contributed by atoms with Crippen molar-refractivity contribution in [2.24, 2.45) is 4.99 Å². The number of aryl methyl sites for hydroxylation is 1. The Kier molecular flexibility index (Phi) is 7.62. The van der Waals surface area contributed by atoms with E-state index >= 15 is 0 Å². The number of benzene rings is 2. The van der Waals surface area contributed by atoms with Gasteiger partial charge in [-0.3, -0.25) is 0 Å². The number of thiophene rings is 1. The van der Waals surface area contributed by atoms with Crippen LogP contribution in [0, 0.1) is 6.92 Å². The molecule has 0 spiro atoms. The molecule has 158 valence electrons. The smallest absolute Gasteiger partial charge is 0.196 e. The van der Waals surface area contributed by atoms with Crippen LogP contribution in [0.1, 0.15) is 11.1 Å². The summed E-state index contributed by atoms with van der Waals surface area (Å²) in [6.45, 7) is 2.53. The van der Waals surface area contributed by atoms with Gasteiger partial charge in [0.25, 0.3) is 0 Å². The summed E-state index contributed by atoms with van der Waals surface area (Å²) in [6.07, 6.45) is -1.07. The van der Waals surface area contributed by atoms with Gasteiger partial charge in [0.2, 0.25) is 0 Å². The summed E-state index contributed by atoms with van der Waals surface area (Å²) < 4.78 is 25.0. The fraction of sp³-hybridized carbons (Fsp3) is 0.227. The van der Waals surface area contributed by atoms with Gasteiger partial charge in [0, 0.05) is 12.2 Å². The second-order valence-electron chi connectivity index (χ2n) is 6.89. The molecule has 0 aliphatic carbocycles. The van der Waals surface area contributed by atoms with E-state index in [0.717, 1.165) is 22.6 Å². The highest BCUT2D eigenvalue weighted by atomic mass is 32.2. The number of hydrogen-bond acceptors (Lipinski definition) is 5. The molecule has 0 saturated carbocycles. The maximum atomic E-state index is 12.4. The van der Waals surface area contributed by atoms with Gasteiger partial charge in [-0.05, 0) is 36.1 Å². The predicted molar refractivity (Wildman–Crippen MR) is 123 cm³/mol. The molecule has 1 atom stereocenters. The number of nitrogens with one attached hydrogen (secondary N) is 2. The van der Waals surface area contributed by atoms with Gasteiger partial charge in [-0.15, -0.1) is 11.3 Å². The minimum Gasteiger partial charge on any atom is -0.390 e. The first-order chi connectivity index (χ1) is 14.4. The number of hydrogen-bond donors (Lipinski definition) is 3. The van der Waals surface area contributed by atoms with Crippen molar-refractivity contribution in [3.05, 3.63) is 83.2 Å². The number of guanidine groups is 1. The third-order valence-corrected chi connectivity index (χ3v) is 7.58. The lowest BCUT2D eigenvalue weighted by Gasteiger charge is -2.16. The van der Waals surface area contributed by atoms with Crippen molar-refractivity contribution in [3.8, 4) is 0 Å². The van der Waals surface area contributed by atoms with Crippen LogP contribution in [0.15, 0.2) is 81.3 Å². The molecule has 0 bridgehead atoms. The SMILES string of the molecule is Cc1ccc(CN=C(NCC(O)CS(=O)(=O)c2cccs2)Nc2ccccc2)cc1. The Hall–Kier alpha value is -2.68. The van der Waals surface area contributed by atoms with Crippen LogP contribution < -0.4 is 10.6 Å². The van der Waals surface area contributed by atoms with E-state index in [4.69, 9.17) is 0 Å². The van der Waals surface area contributed by atoms with Crippen molar-refractivity contribution in [1.82, 2.24) is 5.32 Å². The first kappa shape index (κ1) is 22.0. The summed E-state index contributed by atoms with van der Waals surface area (Å²) in [5.41, 5.74) is 3.07. The second kappa shape index (κ2) is 10.4. The molecular formula is C22H25N3O3S2. The highest BCUT2D eigenvalue weighted by Gasteiger charge is 2.21. The summed E-state index contributed by atoms with van der Waals surface area (Å²) in [6, 6.07) is 20.9. The number of aliphatic hydroxyl groups excluding tert-OH is 1. The molecule has 3 N–H and O–H groups in total. The molecular weight excluding hydrogens is 418 g/mol. The predicted octanol–water partition coefficient (Wildman–Crippen LogP) is 3.45. The second-order valence-corrected chi connectivity index (χ2v) is 10.1. The minimum atomic E-state index is -3.51. The number of nitrogens with zero attached hydrogens (tertiary/aromatic N) is 1. The zero-order valence-corrected chi connectivity index (χ0v) is 18.3. The lowest BCUT2D eigenvalue weighted by atomic mass is 10.1. The van der Waals surface area contributed by atoms with E-state index in [1.54, 1.807) is 17.5 Å². The molecule has 0 fully saturated rings. The summed E-state index contributed by atoms with van der Waals surface area (Å²) in [5.74, 6) is 0.117. The van der Waals surface area contributed by atoms with Crippen LogP contribution in [0.4, 0.5) is 5.69 Å². The number of aliphatic imine (C=N–C) groups is 1. The first-order valence-electron chi connectivity index (χ1n) is 9.52. The summed E-state index contributed by atoms with van der Waals surface area (Å²) in [7, 11) is -3.51. The molecule has 6 nitrogen and oxygen atoms in total. The molecule has 0 radical (unpaired) electrons. The summed E-state index contributed by atoms with van der Waals surface area (Å²) in [4.78, 5) is 4.57. The van der Waals surface area contributed by atoms with Gasteiger partial charge >= 0.3 is 0 Å². The standard InChI is InChI=1S/C22H25N3O3S2/c1-17-9-11-18(12-10-17)14-23-22(25-19-6-3-2-4-7-19)24-15-20(26)16-30(27,28)21-8-5-13-29-21/h2-13,20,26H,14-16H2,1H3,(H2,23,24,25). The molecule has 3 rings (SSSR count). The highest BCUT2D eigenvalue weighted by molar-refractivity contribution is 7.93. The van der Waals surface area contributed by atoms with Gasteiger partial charge in [-0.25, -0.2) is 13.4 Å². The zero-order chi connectivity index (χ0) is 21.4. The van der Waals surface area contributed by atoms with E-state index in [-0.39, 0.29) is 16.5 Å². The van der Waals surface area contributed by atoms with Crippen LogP contribution in [0.2, 0.25) is 0 Å². The fourth-order valence-corrected chi connectivity index (χ4v) is 5.19. The fourth-order valence-electron chi connectivity index (χ4n) is 2.71. The maximum absolute atomic E-state index is 12.4. The average Bonchev–Trinajstić information content (AvgIpc) is 3.28. The van der Waals surface area contributed by atoms with Gasteiger partial charge in [0.05, 0.1) is 18.4 Å². The molecule has 8 heteroatoms. The lowest BCUT2D eigenvalue weighted by Crippen LogP contribution is -2.39. The van der Waals surface area contributed by atoms with Crippen LogP contribution in [-0.2, 0) is 16.4 Å². The Morgan fingerprint density at radius 2 is 1.80 bits per heavy atom. The monoisotopic (exact) mass is 443 g/mol. The molecule has 1 unspecified atom stereocenters. The van der Waals surface area contributed by atoms with Crippen molar-refractivity contribution in [2.45, 2.75) is 23.8 Å². The maximum Gasteiger partial charge on any atom is 0.196 e. The average molecular weight is 444 g/mol. The van der Waals surface area contributed by atoms with Gasteiger partial charge < -0.3 is 15.7 Å². The third-order valence-electron chi connectivity index (χ3n) is 4.30. The van der Waals surface area contributed by atoms with Gasteiger partial charge in [-0.1, -0.05) is 54.1 Å². The quantitative estimate of drug-likeness (QED) is 0.366. The van der Waals surface area contributed by atoms with E-state index in [0.29, 0.717) is 12.5 Å². The van der Waals surface area contributed by atoms with E-state index in [9.17, 15) is 13.5 Å². The first-order valence-corrected chi connectivity index (χ1v) is 12.1. The molecule has 3 aromatic rings. The lowest BCUT2D eigenvalue weighted by molar-refractivity contribution is 0.200. The minimum absolute atomic E-state index is 0.0527. The van der Waals surface area contributed by atoms with Crippen molar-refractivity contribution in [2.75, 3.05) is 17.6 Å². The van der Waals surface area contributed by atoms with Gasteiger partial charge in [-0.2, -0.15) is 0 Å². The van der Waals surface area contributed by atoms with Crippen molar-refractivity contribution >= 4 is 32.8 Å². The van der Waals surface area contributed by atoms with Gasteiger partial charge in [0.1, 0.15) is 4.21 Å². The Morgan fingerprint density at radius 3 is 2.47 bits per heavy atom. The number of anilines is 1. The zero-order valence-electron chi connectivity index (χ0n) is 16.7. The number of sulfone groups is 1. The third kappa shape index (κ3) is 6.69. The van der Waals surface area contributed by atoms with E-state index < -0.39 is 15.9 Å². The molecule has 2 aromatic carbocycles. The normalized spacial score (nSPS) is 13.1. The number of aliphatic hydroxyl groups is 1. The Morgan fingerprint density at radius 1 is 1.07 bits per heavy atom. The van der Waals surface area contributed by atoms with Crippen molar-refractivity contribution in [3.63, 3.8) is 0 Å². The van der Waals surface area contributed by atoms with E-state index in [1.165, 1.54) is 5.56 Å². The molecule has 0 amide bonds. The van der Waals surface area contributed by atoms with Crippen molar-refractivity contribution < 1.29 is 13.5 Å². The molecule has 0 saturated heterocycles. The van der Waals surface area contributed by atoms with Crippen LogP contribution in [0.3, 0.4) is 0 Å². The van der Waals surface area contributed by atoms with Crippen LogP contribution in [0.5, 0.6) is 0 Å². The van der Waals surface area contributed by atoms with Crippen LogP contribution >= 0.6 is 11.3 Å². The molecule has 0 aliphatic rings. The van der Waals surface area contributed by atoms with Crippen LogP contribution in [-0.4, -0.2) is 37.9 Å². The molecule has 1 heterocycles. The summed E-state index contributed by atoms with van der Waals surface area (Å²) in [5, 5.41) is 18.2. The Balaban J connectivity index is 1.65.